The van der Waals surface area contributed by atoms with E-state index in [1.807, 2.05) is 6.92 Å². The number of aliphatic carboxylic acids is 1. The number of likely N-dealkylation sites (N-methyl/N-ethyl adjacent to an activating group) is 1. The molecule has 1 fully saturated rings. The van der Waals surface area contributed by atoms with Crippen molar-refractivity contribution in [1.82, 2.24) is 15.1 Å². The van der Waals surface area contributed by atoms with Crippen LogP contribution in [0.2, 0.25) is 0 Å². The van der Waals surface area contributed by atoms with Gasteiger partial charge in [-0.15, -0.1) is 0 Å². The van der Waals surface area contributed by atoms with E-state index >= 15 is 0 Å². The molecule has 0 aromatic heterocycles. The van der Waals surface area contributed by atoms with Gasteiger partial charge in [-0.1, -0.05) is 6.92 Å². The highest BCUT2D eigenvalue weighted by Gasteiger charge is 2.21. The maximum absolute atomic E-state index is 11.1. The molecule has 0 aromatic carbocycles. The first-order chi connectivity index (χ1) is 8.13. The van der Waals surface area contributed by atoms with Gasteiger partial charge in [0, 0.05) is 19.6 Å². The van der Waals surface area contributed by atoms with Gasteiger partial charge in [-0.05, 0) is 39.5 Å². The summed E-state index contributed by atoms with van der Waals surface area (Å²) in [6.45, 7) is 7.54. The average molecular weight is 243 g/mol. The van der Waals surface area contributed by atoms with Gasteiger partial charge < -0.3 is 15.3 Å². The Morgan fingerprint density at radius 2 is 2.12 bits per heavy atom. The first-order valence-corrected chi connectivity index (χ1v) is 6.50. The molecule has 1 rings (SSSR count). The van der Waals surface area contributed by atoms with Crippen molar-refractivity contribution in [3.63, 3.8) is 0 Å². The molecule has 0 bridgehead atoms. The number of carboxylic acid groups (broad SMARTS) is 1. The summed E-state index contributed by atoms with van der Waals surface area (Å²) in [5, 5.41) is 12.2. The fourth-order valence-electron chi connectivity index (χ4n) is 2.09. The second-order valence-corrected chi connectivity index (χ2v) is 4.80. The van der Waals surface area contributed by atoms with Crippen LogP contribution in [0.1, 0.15) is 19.8 Å². The summed E-state index contributed by atoms with van der Waals surface area (Å²) in [5.41, 5.74) is 0. The predicted molar refractivity (Wildman–Crippen MR) is 68.3 cm³/mol. The fourth-order valence-corrected chi connectivity index (χ4v) is 2.09. The highest BCUT2D eigenvalue weighted by molar-refractivity contribution is 5.73. The Morgan fingerprint density at radius 3 is 2.76 bits per heavy atom. The largest absolute Gasteiger partial charge is 0.480 e. The molecule has 17 heavy (non-hydrogen) atoms. The van der Waals surface area contributed by atoms with Crippen molar-refractivity contribution >= 4 is 5.97 Å². The van der Waals surface area contributed by atoms with Crippen LogP contribution in [0.25, 0.3) is 0 Å². The Morgan fingerprint density at radius 1 is 1.35 bits per heavy atom. The van der Waals surface area contributed by atoms with E-state index in [1.165, 1.54) is 0 Å². The monoisotopic (exact) mass is 243 g/mol. The van der Waals surface area contributed by atoms with Gasteiger partial charge >= 0.3 is 5.97 Å². The summed E-state index contributed by atoms with van der Waals surface area (Å²) < 4.78 is 0. The Bertz CT molecular complexity index is 236. The number of nitrogens with one attached hydrogen (secondary N) is 1. The van der Waals surface area contributed by atoms with Crippen LogP contribution < -0.4 is 5.32 Å². The van der Waals surface area contributed by atoms with E-state index < -0.39 is 12.0 Å². The predicted octanol–water partition coefficient (Wildman–Crippen LogP) is 0.0767. The van der Waals surface area contributed by atoms with Crippen LogP contribution in [0.15, 0.2) is 0 Å². The highest BCUT2D eigenvalue weighted by atomic mass is 16.4. The Kier molecular flexibility index (Phi) is 6.47. The topological polar surface area (TPSA) is 55.8 Å². The lowest BCUT2D eigenvalue weighted by Gasteiger charge is -2.24. The number of hydrogen-bond donors (Lipinski definition) is 2. The Hall–Kier alpha value is -0.650. The first-order valence-electron chi connectivity index (χ1n) is 6.50. The molecule has 1 unspecified atom stereocenters. The lowest BCUT2D eigenvalue weighted by Crippen LogP contribution is -2.47. The molecule has 0 aliphatic carbocycles. The Balaban J connectivity index is 2.39. The molecule has 5 heteroatoms. The van der Waals surface area contributed by atoms with Crippen molar-refractivity contribution in [1.29, 1.82) is 0 Å². The minimum atomic E-state index is -0.740. The number of carboxylic acids is 1. The number of rotatable bonds is 6. The molecule has 1 saturated heterocycles. The van der Waals surface area contributed by atoms with Gasteiger partial charge in [0.05, 0.1) is 0 Å². The summed E-state index contributed by atoms with van der Waals surface area (Å²) in [6, 6.07) is -0.432. The van der Waals surface area contributed by atoms with Gasteiger partial charge in [0.1, 0.15) is 6.04 Å². The molecule has 5 nitrogen and oxygen atoms in total. The van der Waals surface area contributed by atoms with Gasteiger partial charge in [-0.25, -0.2) is 0 Å². The van der Waals surface area contributed by atoms with Crippen LogP contribution in [-0.4, -0.2) is 73.2 Å². The Labute approximate surface area is 104 Å². The van der Waals surface area contributed by atoms with Crippen molar-refractivity contribution in [3.8, 4) is 0 Å². The van der Waals surface area contributed by atoms with E-state index in [9.17, 15) is 4.79 Å². The normalized spacial score (nSPS) is 21.1. The molecule has 2 N–H and O–H groups in total. The third-order valence-corrected chi connectivity index (χ3v) is 3.19. The summed E-state index contributed by atoms with van der Waals surface area (Å²) in [5.74, 6) is -0.740. The van der Waals surface area contributed by atoms with Gasteiger partial charge in [0.2, 0.25) is 0 Å². The van der Waals surface area contributed by atoms with Crippen molar-refractivity contribution < 1.29 is 9.90 Å². The van der Waals surface area contributed by atoms with Crippen molar-refractivity contribution in [2.75, 3.05) is 46.3 Å². The quantitative estimate of drug-likeness (QED) is 0.692. The van der Waals surface area contributed by atoms with Crippen LogP contribution in [0.5, 0.6) is 0 Å². The van der Waals surface area contributed by atoms with E-state index in [0.29, 0.717) is 6.54 Å². The molecular weight excluding hydrogens is 218 g/mol. The number of hydrogen-bond acceptors (Lipinski definition) is 4. The highest BCUT2D eigenvalue weighted by Crippen LogP contribution is 2.02. The summed E-state index contributed by atoms with van der Waals surface area (Å²) in [4.78, 5) is 15.7. The van der Waals surface area contributed by atoms with E-state index in [1.54, 1.807) is 0 Å². The van der Waals surface area contributed by atoms with E-state index in [4.69, 9.17) is 5.11 Å². The molecule has 100 valence electrons. The number of carbonyl (C=O) groups is 1. The average Bonchev–Trinajstić information content (AvgIpc) is 2.49. The maximum Gasteiger partial charge on any atom is 0.322 e. The molecule has 0 aromatic rings. The maximum atomic E-state index is 11.1. The zero-order chi connectivity index (χ0) is 12.7. The van der Waals surface area contributed by atoms with E-state index in [0.717, 1.165) is 45.6 Å². The van der Waals surface area contributed by atoms with Crippen LogP contribution in [-0.2, 0) is 4.79 Å². The first kappa shape index (κ1) is 14.4. The lowest BCUT2D eigenvalue weighted by atomic mass is 10.2. The van der Waals surface area contributed by atoms with Crippen molar-refractivity contribution in [2.45, 2.75) is 25.8 Å². The second kappa shape index (κ2) is 7.63. The second-order valence-electron chi connectivity index (χ2n) is 4.80. The summed E-state index contributed by atoms with van der Waals surface area (Å²) >= 11 is 0. The zero-order valence-corrected chi connectivity index (χ0v) is 11.0. The standard InChI is InChI=1S/C12H25N3O2/c1-3-5-13-11(12(16)17)10-15-7-4-6-14(2)8-9-15/h11,13H,3-10H2,1-2H3,(H,16,17). The van der Waals surface area contributed by atoms with Gasteiger partial charge in [0.15, 0.2) is 0 Å². The smallest absolute Gasteiger partial charge is 0.322 e. The van der Waals surface area contributed by atoms with E-state index in [-0.39, 0.29) is 0 Å². The van der Waals surface area contributed by atoms with Crippen LogP contribution in [0.4, 0.5) is 0 Å². The molecule has 0 saturated carbocycles. The third kappa shape index (κ3) is 5.48. The van der Waals surface area contributed by atoms with E-state index in [2.05, 4.69) is 22.2 Å². The van der Waals surface area contributed by atoms with Gasteiger partial charge in [-0.2, -0.15) is 0 Å². The molecule has 1 aliphatic heterocycles. The van der Waals surface area contributed by atoms with Crippen LogP contribution in [0, 0.1) is 0 Å². The molecule has 0 amide bonds. The fraction of sp³-hybridized carbons (Fsp3) is 0.917. The molecule has 0 spiro atoms. The molecule has 1 heterocycles. The van der Waals surface area contributed by atoms with Crippen LogP contribution in [0.3, 0.4) is 0 Å². The summed E-state index contributed by atoms with van der Waals surface area (Å²) in [6.07, 6.45) is 2.09. The molecule has 1 atom stereocenters. The zero-order valence-electron chi connectivity index (χ0n) is 11.0. The molecule has 1 aliphatic rings. The SMILES string of the molecule is CCCNC(CN1CCCN(C)CC1)C(=O)O. The van der Waals surface area contributed by atoms with Crippen LogP contribution >= 0.6 is 0 Å². The molecule has 0 radical (unpaired) electrons. The van der Waals surface area contributed by atoms with Gasteiger partial charge in [-0.3, -0.25) is 9.69 Å². The van der Waals surface area contributed by atoms with Crippen molar-refractivity contribution in [2.24, 2.45) is 0 Å². The number of nitrogens with zero attached hydrogens (tertiary/aromatic N) is 2. The van der Waals surface area contributed by atoms with Crippen molar-refractivity contribution in [3.05, 3.63) is 0 Å². The minimum Gasteiger partial charge on any atom is -0.480 e. The van der Waals surface area contributed by atoms with Gasteiger partial charge in [0.25, 0.3) is 0 Å². The minimum absolute atomic E-state index is 0.432. The lowest BCUT2D eigenvalue weighted by molar-refractivity contribution is -0.140. The summed E-state index contributed by atoms with van der Waals surface area (Å²) in [7, 11) is 2.12. The molecular formula is C12H25N3O2. The third-order valence-electron chi connectivity index (χ3n) is 3.19.